The molecular weight excluding hydrogens is 343 g/mol. The fraction of sp³-hybridized carbons (Fsp3) is 0.200. The molecule has 3 rings (SSSR count). The van der Waals surface area contributed by atoms with Crippen LogP contribution in [0.25, 0.3) is 0 Å². The molecule has 0 bridgehead atoms. The molecule has 0 N–H and O–H groups in total. The van der Waals surface area contributed by atoms with E-state index in [1.54, 1.807) is 11.3 Å². The van der Waals surface area contributed by atoms with Crippen molar-refractivity contribution in [3.05, 3.63) is 55.7 Å². The van der Waals surface area contributed by atoms with E-state index in [1.807, 2.05) is 28.8 Å². The second-order valence-electron chi connectivity index (χ2n) is 5.14. The number of benzene rings is 1. The lowest BCUT2D eigenvalue weighted by molar-refractivity contribution is 0.0559. The number of amides is 2. The zero-order valence-corrected chi connectivity index (χ0v) is 14.0. The Morgan fingerprint density at radius 1 is 1.14 bits per heavy atom. The van der Waals surface area contributed by atoms with E-state index >= 15 is 0 Å². The number of nitrogens with zero attached hydrogens (tertiary/aromatic N) is 2. The van der Waals surface area contributed by atoms with Gasteiger partial charge >= 0.3 is 0 Å². The molecule has 4 nitrogen and oxygen atoms in total. The van der Waals surface area contributed by atoms with Gasteiger partial charge < -0.3 is 0 Å². The third-order valence-electron chi connectivity index (χ3n) is 3.43. The first kappa shape index (κ1) is 15.5. The lowest BCUT2D eigenvalue weighted by Gasteiger charge is -2.22. The number of carbonyl (C=O) groups is 2. The molecular formula is C15H12Cl2N2O2S. The average Bonchev–Trinajstić information content (AvgIpc) is 3.04. The minimum Gasteiger partial charge on any atom is -0.284 e. The third kappa shape index (κ3) is 2.77. The van der Waals surface area contributed by atoms with Crippen molar-refractivity contribution in [3.8, 4) is 0 Å². The molecule has 114 valence electrons. The molecule has 1 aromatic carbocycles. The lowest BCUT2D eigenvalue weighted by atomic mass is 10.1. The highest BCUT2D eigenvalue weighted by Crippen LogP contribution is 2.31. The van der Waals surface area contributed by atoms with Crippen LogP contribution >= 0.6 is 34.5 Å². The molecule has 2 amide bonds. The number of fused-ring (bicyclic) bond motifs is 1. The van der Waals surface area contributed by atoms with Crippen LogP contribution < -0.4 is 0 Å². The molecule has 0 fully saturated rings. The summed E-state index contributed by atoms with van der Waals surface area (Å²) in [6.45, 7) is 0.885. The van der Waals surface area contributed by atoms with E-state index < -0.39 is 0 Å². The second-order valence-corrected chi connectivity index (χ2v) is 6.73. The average molecular weight is 355 g/mol. The highest BCUT2D eigenvalue weighted by Gasteiger charge is 2.36. The normalized spacial score (nSPS) is 14.1. The van der Waals surface area contributed by atoms with Gasteiger partial charge in [0.05, 0.1) is 27.8 Å². The van der Waals surface area contributed by atoms with Gasteiger partial charge in [-0.2, -0.15) is 11.3 Å². The van der Waals surface area contributed by atoms with Gasteiger partial charge in [0.25, 0.3) is 11.8 Å². The van der Waals surface area contributed by atoms with Crippen LogP contribution in [0.4, 0.5) is 0 Å². The monoisotopic (exact) mass is 354 g/mol. The fourth-order valence-electron chi connectivity index (χ4n) is 2.40. The van der Waals surface area contributed by atoms with Crippen LogP contribution in [-0.4, -0.2) is 35.3 Å². The minimum absolute atomic E-state index is 0.220. The summed E-state index contributed by atoms with van der Waals surface area (Å²) >= 11 is 13.5. The first-order valence-corrected chi connectivity index (χ1v) is 8.22. The molecule has 2 aromatic rings. The third-order valence-corrected chi connectivity index (χ3v) is 4.88. The molecule has 0 spiro atoms. The van der Waals surface area contributed by atoms with Gasteiger partial charge in [-0.15, -0.1) is 0 Å². The van der Waals surface area contributed by atoms with Gasteiger partial charge in [0.1, 0.15) is 0 Å². The van der Waals surface area contributed by atoms with E-state index in [-0.39, 0.29) is 28.5 Å². The van der Waals surface area contributed by atoms with Gasteiger partial charge in [-0.05, 0) is 41.6 Å². The Labute approximate surface area is 141 Å². The Hall–Kier alpha value is -1.40. The van der Waals surface area contributed by atoms with Crippen LogP contribution in [0.15, 0.2) is 29.0 Å². The number of hydrogen-bond acceptors (Lipinski definition) is 4. The predicted octanol–water partition coefficient (Wildman–Crippen LogP) is 3.74. The second kappa shape index (κ2) is 6.01. The Morgan fingerprint density at radius 3 is 2.23 bits per heavy atom. The van der Waals surface area contributed by atoms with Crippen molar-refractivity contribution in [2.45, 2.75) is 6.54 Å². The van der Waals surface area contributed by atoms with E-state index in [1.165, 1.54) is 17.0 Å². The maximum absolute atomic E-state index is 12.4. The lowest BCUT2D eigenvalue weighted by Crippen LogP contribution is -2.39. The van der Waals surface area contributed by atoms with Gasteiger partial charge in [0.2, 0.25) is 0 Å². The summed E-state index contributed by atoms with van der Waals surface area (Å²) in [6, 6.07) is 4.93. The van der Waals surface area contributed by atoms with Crippen LogP contribution in [0.3, 0.4) is 0 Å². The quantitative estimate of drug-likeness (QED) is 0.785. The topological polar surface area (TPSA) is 40.6 Å². The first-order chi connectivity index (χ1) is 10.5. The van der Waals surface area contributed by atoms with Crippen LogP contribution in [0.1, 0.15) is 26.3 Å². The van der Waals surface area contributed by atoms with Gasteiger partial charge in [-0.25, -0.2) is 0 Å². The Bertz CT molecular complexity index is 705. The van der Waals surface area contributed by atoms with E-state index in [2.05, 4.69) is 0 Å². The summed E-state index contributed by atoms with van der Waals surface area (Å²) in [5.41, 5.74) is 1.77. The molecule has 1 aliphatic heterocycles. The molecule has 1 aromatic heterocycles. The van der Waals surface area contributed by atoms with Crippen LogP contribution in [0, 0.1) is 0 Å². The number of imide groups is 1. The molecule has 0 aliphatic carbocycles. The van der Waals surface area contributed by atoms with Gasteiger partial charge in [-0.1, -0.05) is 23.2 Å². The zero-order valence-electron chi connectivity index (χ0n) is 11.7. The van der Waals surface area contributed by atoms with E-state index in [0.717, 1.165) is 5.56 Å². The summed E-state index contributed by atoms with van der Waals surface area (Å²) in [5.74, 6) is -0.675. The Kier molecular flexibility index (Phi) is 4.23. The maximum Gasteiger partial charge on any atom is 0.262 e. The summed E-state index contributed by atoms with van der Waals surface area (Å²) in [7, 11) is 1.86. The zero-order chi connectivity index (χ0) is 15.9. The number of carbonyl (C=O) groups excluding carboxylic acids is 2. The highest BCUT2D eigenvalue weighted by atomic mass is 35.5. The Morgan fingerprint density at radius 2 is 1.73 bits per heavy atom. The van der Waals surface area contributed by atoms with Gasteiger partial charge in [-0.3, -0.25) is 19.4 Å². The smallest absolute Gasteiger partial charge is 0.262 e. The number of halogens is 2. The summed E-state index contributed by atoms with van der Waals surface area (Å²) in [6.07, 6.45) is 0. The van der Waals surface area contributed by atoms with Crippen molar-refractivity contribution in [1.29, 1.82) is 0 Å². The summed E-state index contributed by atoms with van der Waals surface area (Å²) in [4.78, 5) is 27.9. The van der Waals surface area contributed by atoms with Crippen molar-refractivity contribution in [2.75, 3.05) is 13.7 Å². The van der Waals surface area contributed by atoms with Crippen LogP contribution in [0.2, 0.25) is 10.0 Å². The molecule has 0 radical (unpaired) electrons. The van der Waals surface area contributed by atoms with Crippen molar-refractivity contribution in [2.24, 2.45) is 0 Å². The number of hydrogen-bond donors (Lipinski definition) is 0. The molecule has 0 atom stereocenters. The standard InChI is InChI=1S/C15H12Cl2N2O2S/c1-18(6-9-2-3-22-7-9)8-19-14(20)10-4-12(16)13(17)5-11(10)15(19)21/h2-5,7H,6,8H2,1H3. The van der Waals surface area contributed by atoms with Crippen molar-refractivity contribution >= 4 is 46.4 Å². The molecule has 0 unspecified atom stereocenters. The van der Waals surface area contributed by atoms with Gasteiger partial charge in [0, 0.05) is 6.54 Å². The number of rotatable bonds is 4. The first-order valence-electron chi connectivity index (χ1n) is 6.52. The molecule has 22 heavy (non-hydrogen) atoms. The SMILES string of the molecule is CN(Cc1ccsc1)CN1C(=O)c2cc(Cl)c(Cl)cc2C1=O. The van der Waals surface area contributed by atoms with E-state index in [9.17, 15) is 9.59 Å². The minimum atomic E-state index is -0.337. The fourth-order valence-corrected chi connectivity index (χ4v) is 3.39. The predicted molar refractivity (Wildman–Crippen MR) is 87.6 cm³/mol. The van der Waals surface area contributed by atoms with Crippen LogP contribution in [0.5, 0.6) is 0 Å². The summed E-state index contributed by atoms with van der Waals surface area (Å²) < 4.78 is 0. The van der Waals surface area contributed by atoms with Crippen LogP contribution in [-0.2, 0) is 6.54 Å². The van der Waals surface area contributed by atoms with Crippen molar-refractivity contribution in [3.63, 3.8) is 0 Å². The van der Waals surface area contributed by atoms with E-state index in [0.29, 0.717) is 17.7 Å². The van der Waals surface area contributed by atoms with Crippen molar-refractivity contribution in [1.82, 2.24) is 9.80 Å². The van der Waals surface area contributed by atoms with Gasteiger partial charge in [0.15, 0.2) is 0 Å². The Balaban J connectivity index is 1.79. The molecule has 0 saturated heterocycles. The van der Waals surface area contributed by atoms with Crippen molar-refractivity contribution < 1.29 is 9.59 Å². The highest BCUT2D eigenvalue weighted by molar-refractivity contribution is 7.07. The summed E-state index contributed by atoms with van der Waals surface area (Å²) in [5, 5.41) is 4.58. The molecule has 0 saturated carbocycles. The molecule has 7 heteroatoms. The molecule has 2 heterocycles. The maximum atomic E-state index is 12.4. The molecule has 1 aliphatic rings. The van der Waals surface area contributed by atoms with E-state index in [4.69, 9.17) is 23.2 Å². The largest absolute Gasteiger partial charge is 0.284 e. The number of thiophene rings is 1.